The van der Waals surface area contributed by atoms with Gasteiger partial charge in [0.05, 0.1) is 18.7 Å². The molecule has 6 nitrogen and oxygen atoms in total. The number of carbonyl (C=O) groups is 2. The first kappa shape index (κ1) is 28.2. The molecule has 38 heavy (non-hydrogen) atoms. The van der Waals surface area contributed by atoms with Crippen molar-refractivity contribution in [3.05, 3.63) is 64.2 Å². The maximum Gasteiger partial charge on any atom is 0.419 e. The number of halogens is 4. The molecule has 2 aliphatic heterocycles. The lowest BCUT2D eigenvalue weighted by Crippen LogP contribution is -2.44. The molecule has 2 saturated heterocycles. The Morgan fingerprint density at radius 2 is 1.74 bits per heavy atom. The molecule has 4 rings (SSSR count). The van der Waals surface area contributed by atoms with Crippen LogP contribution in [-0.4, -0.2) is 79.4 Å². The molecule has 10 heteroatoms. The third kappa shape index (κ3) is 5.94. The van der Waals surface area contributed by atoms with E-state index in [9.17, 15) is 22.8 Å². The summed E-state index contributed by atoms with van der Waals surface area (Å²) in [7, 11) is 2.74. The van der Waals surface area contributed by atoms with Crippen LogP contribution in [-0.2, 0) is 11.0 Å². The second-order valence-electron chi connectivity index (χ2n) is 10.0. The third-order valence-corrected chi connectivity index (χ3v) is 8.10. The van der Waals surface area contributed by atoms with Crippen LogP contribution >= 0.6 is 11.6 Å². The molecule has 0 spiro atoms. The predicted octanol–water partition coefficient (Wildman–Crippen LogP) is 5.17. The Labute approximate surface area is 226 Å². The number of amides is 2. The Balaban J connectivity index is 1.60. The molecule has 0 saturated carbocycles. The topological polar surface area (TPSA) is 53.1 Å². The molecule has 2 aromatic rings. The van der Waals surface area contributed by atoms with E-state index in [1.807, 2.05) is 17.0 Å². The maximum absolute atomic E-state index is 13.6. The molecule has 0 aromatic heterocycles. The first-order valence-electron chi connectivity index (χ1n) is 12.8. The lowest BCUT2D eigenvalue weighted by atomic mass is 9.93. The molecule has 2 amide bonds. The first-order valence-corrected chi connectivity index (χ1v) is 13.2. The Kier molecular flexibility index (Phi) is 8.57. The van der Waals surface area contributed by atoms with Crippen molar-refractivity contribution in [3.63, 3.8) is 0 Å². The molecular weight excluding hydrogens is 519 g/mol. The summed E-state index contributed by atoms with van der Waals surface area (Å²) in [4.78, 5) is 32.6. The van der Waals surface area contributed by atoms with E-state index in [1.165, 1.54) is 11.0 Å². The van der Waals surface area contributed by atoms with Crippen LogP contribution in [0.3, 0.4) is 0 Å². The zero-order valence-electron chi connectivity index (χ0n) is 21.8. The predicted molar refractivity (Wildman–Crippen MR) is 139 cm³/mol. The van der Waals surface area contributed by atoms with Gasteiger partial charge in [0.25, 0.3) is 5.91 Å². The summed E-state index contributed by atoms with van der Waals surface area (Å²) < 4.78 is 45.7. The monoisotopic (exact) mass is 551 g/mol. The summed E-state index contributed by atoms with van der Waals surface area (Å²) in [6.45, 7) is 5.55. The lowest BCUT2D eigenvalue weighted by molar-refractivity contribution is -0.139. The van der Waals surface area contributed by atoms with Crippen LogP contribution in [0.2, 0.25) is 5.02 Å². The van der Waals surface area contributed by atoms with E-state index < -0.39 is 23.7 Å². The molecule has 0 bridgehead atoms. The maximum atomic E-state index is 13.6. The van der Waals surface area contributed by atoms with E-state index in [4.69, 9.17) is 16.3 Å². The Bertz CT molecular complexity index is 1150. The number of rotatable bonds is 6. The molecule has 0 radical (unpaired) electrons. The number of likely N-dealkylation sites (N-methyl/N-ethyl adjacent to an activating group) is 1. The number of ether oxygens (including phenoxy) is 1. The van der Waals surface area contributed by atoms with Crippen molar-refractivity contribution in [2.45, 2.75) is 37.9 Å². The summed E-state index contributed by atoms with van der Waals surface area (Å²) in [5, 5.41) is 0.571. The molecule has 2 fully saturated rings. The first-order chi connectivity index (χ1) is 18.0. The van der Waals surface area contributed by atoms with Crippen molar-refractivity contribution in [1.29, 1.82) is 0 Å². The van der Waals surface area contributed by atoms with Crippen molar-refractivity contribution >= 4 is 23.4 Å². The van der Waals surface area contributed by atoms with Gasteiger partial charge in [0.1, 0.15) is 5.75 Å². The number of hydrogen-bond donors (Lipinski definition) is 0. The number of carbonyl (C=O) groups excluding carboxylic acids is 2. The van der Waals surface area contributed by atoms with E-state index in [0.717, 1.165) is 57.3 Å². The summed E-state index contributed by atoms with van der Waals surface area (Å²) in [5.74, 6) is -1.09. The quantitative estimate of drug-likeness (QED) is 0.497. The highest BCUT2D eigenvalue weighted by atomic mass is 35.5. The van der Waals surface area contributed by atoms with Gasteiger partial charge in [-0.05, 0) is 68.4 Å². The minimum absolute atomic E-state index is 0.0700. The second kappa shape index (κ2) is 11.5. The van der Waals surface area contributed by atoms with Crippen molar-refractivity contribution in [2.75, 3.05) is 46.9 Å². The van der Waals surface area contributed by atoms with Gasteiger partial charge in [0.2, 0.25) is 5.91 Å². The van der Waals surface area contributed by atoms with Crippen LogP contribution < -0.4 is 4.74 Å². The van der Waals surface area contributed by atoms with Crippen molar-refractivity contribution in [1.82, 2.24) is 14.7 Å². The zero-order valence-corrected chi connectivity index (χ0v) is 22.6. The van der Waals surface area contributed by atoms with Crippen LogP contribution in [0, 0.1) is 5.92 Å². The fraction of sp³-hybridized carbons (Fsp3) is 0.500. The minimum Gasteiger partial charge on any atom is -0.496 e. The SMILES string of the molecule is CCN1CCC(C(=O)N2C[C@H](c3ccc(Cl)cc3)[C@@H](N(C)C(=O)c3ccc(OC)c(C(F)(F)F)c3)C2)CC1. The van der Waals surface area contributed by atoms with Crippen LogP contribution in [0.15, 0.2) is 42.5 Å². The summed E-state index contributed by atoms with van der Waals surface area (Å²) in [6.07, 6.45) is -3.09. The van der Waals surface area contributed by atoms with E-state index in [2.05, 4.69) is 11.8 Å². The van der Waals surface area contributed by atoms with Gasteiger partial charge in [0.15, 0.2) is 0 Å². The van der Waals surface area contributed by atoms with E-state index >= 15 is 0 Å². The Hall–Kier alpha value is -2.78. The number of alkyl halides is 3. The van der Waals surface area contributed by atoms with Gasteiger partial charge < -0.3 is 19.4 Å². The number of nitrogens with zero attached hydrogens (tertiary/aromatic N) is 3. The number of likely N-dealkylation sites (tertiary alicyclic amines) is 2. The number of hydrogen-bond acceptors (Lipinski definition) is 4. The summed E-state index contributed by atoms with van der Waals surface area (Å²) in [6, 6.07) is 10.2. The van der Waals surface area contributed by atoms with E-state index in [0.29, 0.717) is 18.1 Å². The third-order valence-electron chi connectivity index (χ3n) is 7.85. The second-order valence-corrected chi connectivity index (χ2v) is 10.4. The number of methoxy groups -OCH3 is 1. The van der Waals surface area contributed by atoms with Crippen molar-refractivity contribution < 1.29 is 27.5 Å². The van der Waals surface area contributed by atoms with Crippen LogP contribution in [0.25, 0.3) is 0 Å². The fourth-order valence-corrected chi connectivity index (χ4v) is 5.69. The number of benzene rings is 2. The average molecular weight is 552 g/mol. The molecule has 0 unspecified atom stereocenters. The van der Waals surface area contributed by atoms with Crippen molar-refractivity contribution in [3.8, 4) is 5.75 Å². The molecule has 2 atom stereocenters. The van der Waals surface area contributed by atoms with Crippen LogP contribution in [0.5, 0.6) is 5.75 Å². The smallest absolute Gasteiger partial charge is 0.419 e. The van der Waals surface area contributed by atoms with Gasteiger partial charge in [0, 0.05) is 42.6 Å². The van der Waals surface area contributed by atoms with E-state index in [-0.39, 0.29) is 29.1 Å². The van der Waals surface area contributed by atoms with Gasteiger partial charge in [-0.2, -0.15) is 13.2 Å². The van der Waals surface area contributed by atoms with Crippen LogP contribution in [0.1, 0.15) is 47.2 Å². The number of piperidine rings is 1. The Morgan fingerprint density at radius 3 is 2.32 bits per heavy atom. The summed E-state index contributed by atoms with van der Waals surface area (Å²) in [5.41, 5.74) is -0.178. The lowest BCUT2D eigenvalue weighted by Gasteiger charge is -2.32. The van der Waals surface area contributed by atoms with Gasteiger partial charge in [-0.1, -0.05) is 30.7 Å². The Morgan fingerprint density at radius 1 is 1.08 bits per heavy atom. The fourth-order valence-electron chi connectivity index (χ4n) is 5.57. The highest BCUT2D eigenvalue weighted by molar-refractivity contribution is 6.30. The molecule has 2 aromatic carbocycles. The van der Waals surface area contributed by atoms with E-state index in [1.54, 1.807) is 19.2 Å². The van der Waals surface area contributed by atoms with Crippen LogP contribution in [0.4, 0.5) is 13.2 Å². The molecule has 0 N–H and O–H groups in total. The van der Waals surface area contributed by atoms with Gasteiger partial charge in [-0.15, -0.1) is 0 Å². The van der Waals surface area contributed by atoms with Gasteiger partial charge >= 0.3 is 6.18 Å². The standard InChI is InChI=1S/C28H33ClF3N3O3/c1-4-34-13-11-19(12-14-34)27(37)35-16-22(18-5-8-21(29)9-6-18)24(17-35)33(2)26(36)20-7-10-25(38-3)23(15-20)28(30,31)32/h5-10,15,19,22,24H,4,11-14,16-17H2,1-3H3/t22-,24+/m1/s1. The summed E-state index contributed by atoms with van der Waals surface area (Å²) >= 11 is 6.09. The zero-order chi connectivity index (χ0) is 27.6. The molecule has 2 aliphatic rings. The van der Waals surface area contributed by atoms with Crippen molar-refractivity contribution in [2.24, 2.45) is 5.92 Å². The van der Waals surface area contributed by atoms with Gasteiger partial charge in [-0.25, -0.2) is 0 Å². The average Bonchev–Trinajstić information content (AvgIpc) is 3.37. The molecule has 206 valence electrons. The highest BCUT2D eigenvalue weighted by Gasteiger charge is 2.42. The minimum atomic E-state index is -4.67. The normalized spacial score (nSPS) is 21.0. The highest BCUT2D eigenvalue weighted by Crippen LogP contribution is 2.38. The molecule has 0 aliphatic carbocycles. The molecule has 2 heterocycles. The largest absolute Gasteiger partial charge is 0.496 e. The molecular formula is C28H33ClF3N3O3. The van der Waals surface area contributed by atoms with Gasteiger partial charge in [-0.3, -0.25) is 9.59 Å².